The fourth-order valence-corrected chi connectivity index (χ4v) is 3.06. The maximum Gasteiger partial charge on any atom is 0.271 e. The summed E-state index contributed by atoms with van der Waals surface area (Å²) in [5, 5.41) is 0. The maximum absolute atomic E-state index is 12.2. The van der Waals surface area contributed by atoms with Gasteiger partial charge in [0.15, 0.2) is 0 Å². The van der Waals surface area contributed by atoms with E-state index < -0.39 is 0 Å². The molecule has 0 heterocycles. The van der Waals surface area contributed by atoms with Gasteiger partial charge in [0.05, 0.1) is 5.56 Å². The summed E-state index contributed by atoms with van der Waals surface area (Å²) in [6, 6.07) is 10.8. The van der Waals surface area contributed by atoms with E-state index in [4.69, 9.17) is 0 Å². The normalized spacial score (nSPS) is 10.2. The quantitative estimate of drug-likeness (QED) is 0.516. The van der Waals surface area contributed by atoms with Crippen molar-refractivity contribution in [2.45, 2.75) is 13.8 Å². The number of amides is 2. The molecule has 0 saturated heterocycles. The van der Waals surface area contributed by atoms with Crippen molar-refractivity contribution < 1.29 is 9.59 Å². The number of hydrazine groups is 1. The van der Waals surface area contributed by atoms with E-state index in [0.29, 0.717) is 15.6 Å². The zero-order valence-corrected chi connectivity index (χ0v) is 15.8. The Morgan fingerprint density at radius 1 is 1.00 bits per heavy atom. The van der Waals surface area contributed by atoms with E-state index in [-0.39, 0.29) is 11.8 Å². The zero-order chi connectivity index (χ0) is 16.3. The lowest BCUT2D eigenvalue weighted by atomic mass is 10.1. The third-order valence-electron chi connectivity index (χ3n) is 3.17. The Kier molecular flexibility index (Phi) is 5.57. The third kappa shape index (κ3) is 3.86. The smallest absolute Gasteiger partial charge is 0.267 e. The van der Waals surface area contributed by atoms with Crippen molar-refractivity contribution in [3.8, 4) is 0 Å². The number of hydrogen-bond donors (Lipinski definition) is 2. The molecule has 0 aliphatic carbocycles. The number of benzene rings is 2. The first-order chi connectivity index (χ1) is 10.4. The molecular formula is C16H14BrIN2O2. The van der Waals surface area contributed by atoms with Crippen molar-refractivity contribution in [3.63, 3.8) is 0 Å². The van der Waals surface area contributed by atoms with Crippen LogP contribution in [0.5, 0.6) is 0 Å². The molecule has 114 valence electrons. The van der Waals surface area contributed by atoms with Crippen molar-refractivity contribution in [3.05, 3.63) is 66.7 Å². The Bertz CT molecular complexity index is 727. The van der Waals surface area contributed by atoms with Gasteiger partial charge in [0.1, 0.15) is 0 Å². The molecule has 0 bridgehead atoms. The van der Waals surface area contributed by atoms with Gasteiger partial charge < -0.3 is 0 Å². The lowest BCUT2D eigenvalue weighted by Gasteiger charge is -2.11. The summed E-state index contributed by atoms with van der Waals surface area (Å²) < 4.78 is 1.68. The highest BCUT2D eigenvalue weighted by Crippen LogP contribution is 2.19. The van der Waals surface area contributed by atoms with Gasteiger partial charge >= 0.3 is 0 Å². The van der Waals surface area contributed by atoms with Gasteiger partial charge in [0.25, 0.3) is 11.8 Å². The van der Waals surface area contributed by atoms with Gasteiger partial charge in [-0.25, -0.2) is 0 Å². The van der Waals surface area contributed by atoms with Crippen molar-refractivity contribution in [1.82, 2.24) is 10.9 Å². The number of rotatable bonds is 2. The molecule has 0 aliphatic rings. The lowest BCUT2D eigenvalue weighted by Crippen LogP contribution is -2.42. The van der Waals surface area contributed by atoms with E-state index >= 15 is 0 Å². The molecule has 2 rings (SSSR count). The maximum atomic E-state index is 12.2. The molecule has 0 spiro atoms. The molecule has 2 aromatic rings. The second-order valence-corrected chi connectivity index (χ2v) is 6.82. The SMILES string of the molecule is Cc1ccc(C(=O)NNC(=O)c2c(C)cccc2Br)cc1I. The lowest BCUT2D eigenvalue weighted by molar-refractivity contribution is 0.0846. The topological polar surface area (TPSA) is 58.2 Å². The molecule has 4 nitrogen and oxygen atoms in total. The van der Waals surface area contributed by atoms with Gasteiger partial charge in [-0.3, -0.25) is 20.4 Å². The van der Waals surface area contributed by atoms with Crippen molar-refractivity contribution in [2.75, 3.05) is 0 Å². The van der Waals surface area contributed by atoms with E-state index in [1.54, 1.807) is 18.2 Å². The highest BCUT2D eigenvalue weighted by molar-refractivity contribution is 14.1. The number of aryl methyl sites for hydroxylation is 2. The zero-order valence-electron chi connectivity index (χ0n) is 12.0. The van der Waals surface area contributed by atoms with Crippen LogP contribution in [0.15, 0.2) is 40.9 Å². The van der Waals surface area contributed by atoms with Gasteiger partial charge in [-0.05, 0) is 81.7 Å². The number of carbonyl (C=O) groups is 2. The van der Waals surface area contributed by atoms with Crippen LogP contribution in [0, 0.1) is 17.4 Å². The van der Waals surface area contributed by atoms with Crippen LogP contribution >= 0.6 is 38.5 Å². The van der Waals surface area contributed by atoms with Crippen LogP contribution in [0.3, 0.4) is 0 Å². The molecule has 0 aromatic heterocycles. The average molecular weight is 473 g/mol. The minimum Gasteiger partial charge on any atom is -0.267 e. The standard InChI is InChI=1S/C16H14BrIN2O2/c1-9-6-7-11(8-13(9)18)15(21)19-20-16(22)14-10(2)4-3-5-12(14)17/h3-8H,1-2H3,(H,19,21)(H,20,22). The molecule has 0 radical (unpaired) electrons. The summed E-state index contributed by atoms with van der Waals surface area (Å²) in [6.07, 6.45) is 0. The van der Waals surface area contributed by atoms with Crippen LogP contribution < -0.4 is 10.9 Å². The largest absolute Gasteiger partial charge is 0.271 e. The van der Waals surface area contributed by atoms with Gasteiger partial charge in [0, 0.05) is 13.6 Å². The molecule has 0 atom stereocenters. The molecule has 22 heavy (non-hydrogen) atoms. The minimum atomic E-state index is -0.361. The van der Waals surface area contributed by atoms with Crippen LogP contribution in [-0.4, -0.2) is 11.8 Å². The van der Waals surface area contributed by atoms with Gasteiger partial charge in [-0.15, -0.1) is 0 Å². The number of nitrogens with one attached hydrogen (secondary N) is 2. The van der Waals surface area contributed by atoms with Gasteiger partial charge in [-0.2, -0.15) is 0 Å². The Hall–Kier alpha value is -1.41. The first kappa shape index (κ1) is 17.0. The van der Waals surface area contributed by atoms with E-state index in [0.717, 1.165) is 14.7 Å². The molecule has 0 fully saturated rings. The summed E-state index contributed by atoms with van der Waals surface area (Å²) in [5.41, 5.74) is 7.80. The first-order valence-corrected chi connectivity index (χ1v) is 8.39. The van der Waals surface area contributed by atoms with Crippen molar-refractivity contribution >= 4 is 50.3 Å². The fourth-order valence-electron chi connectivity index (χ4n) is 1.90. The van der Waals surface area contributed by atoms with Crippen LogP contribution in [0.4, 0.5) is 0 Å². The number of carbonyl (C=O) groups excluding carboxylic acids is 2. The molecule has 6 heteroatoms. The molecule has 2 amide bonds. The molecule has 0 unspecified atom stereocenters. The van der Waals surface area contributed by atoms with E-state index in [1.165, 1.54) is 0 Å². The third-order valence-corrected chi connectivity index (χ3v) is 5.00. The highest BCUT2D eigenvalue weighted by atomic mass is 127. The van der Waals surface area contributed by atoms with E-state index in [9.17, 15) is 9.59 Å². The van der Waals surface area contributed by atoms with Crippen LogP contribution in [0.1, 0.15) is 31.8 Å². The first-order valence-electron chi connectivity index (χ1n) is 6.52. The Morgan fingerprint density at radius 3 is 2.32 bits per heavy atom. The second-order valence-electron chi connectivity index (χ2n) is 4.80. The number of hydrogen-bond acceptors (Lipinski definition) is 2. The van der Waals surface area contributed by atoms with Crippen molar-refractivity contribution in [2.24, 2.45) is 0 Å². The summed E-state index contributed by atoms with van der Waals surface area (Å²) in [6.45, 7) is 3.81. The molecule has 0 aliphatic heterocycles. The molecular weight excluding hydrogens is 459 g/mol. The fraction of sp³-hybridized carbons (Fsp3) is 0.125. The highest BCUT2D eigenvalue weighted by Gasteiger charge is 2.14. The summed E-state index contributed by atoms with van der Waals surface area (Å²) in [7, 11) is 0. The predicted molar refractivity (Wildman–Crippen MR) is 97.7 cm³/mol. The van der Waals surface area contributed by atoms with Crippen LogP contribution in [0.2, 0.25) is 0 Å². The van der Waals surface area contributed by atoms with Crippen molar-refractivity contribution in [1.29, 1.82) is 0 Å². The van der Waals surface area contributed by atoms with Gasteiger partial charge in [0.2, 0.25) is 0 Å². The van der Waals surface area contributed by atoms with E-state index in [2.05, 4.69) is 49.4 Å². The number of halogens is 2. The average Bonchev–Trinajstić information content (AvgIpc) is 2.47. The molecule has 2 aromatic carbocycles. The predicted octanol–water partition coefficient (Wildman–Crippen LogP) is 3.75. The van der Waals surface area contributed by atoms with Crippen LogP contribution in [0.25, 0.3) is 0 Å². The molecule has 2 N–H and O–H groups in total. The minimum absolute atomic E-state index is 0.351. The monoisotopic (exact) mass is 472 g/mol. The second kappa shape index (κ2) is 7.23. The van der Waals surface area contributed by atoms with Gasteiger partial charge in [-0.1, -0.05) is 18.2 Å². The summed E-state index contributed by atoms with van der Waals surface area (Å²) in [5.74, 6) is -0.712. The Labute approximate surface area is 150 Å². The Morgan fingerprint density at radius 2 is 1.68 bits per heavy atom. The van der Waals surface area contributed by atoms with Crippen LogP contribution in [-0.2, 0) is 0 Å². The molecule has 0 saturated carbocycles. The summed E-state index contributed by atoms with van der Waals surface area (Å²) in [4.78, 5) is 24.3. The van der Waals surface area contributed by atoms with E-state index in [1.807, 2.05) is 32.0 Å². The summed E-state index contributed by atoms with van der Waals surface area (Å²) >= 11 is 5.51. The Balaban J connectivity index is 2.07.